The Morgan fingerprint density at radius 2 is 1.81 bits per heavy atom. The quantitative estimate of drug-likeness (QED) is 0.868. The first-order valence-corrected chi connectivity index (χ1v) is 7.52. The van der Waals surface area contributed by atoms with Gasteiger partial charge in [-0.15, -0.1) is 0 Å². The summed E-state index contributed by atoms with van der Waals surface area (Å²) < 4.78 is 12.9. The zero-order chi connectivity index (χ0) is 14.7. The maximum atomic E-state index is 12.9. The first-order chi connectivity index (χ1) is 10.2. The van der Waals surface area contributed by atoms with E-state index < -0.39 is 0 Å². The average Bonchev–Trinajstić information content (AvgIpc) is 2.84. The molecule has 0 unspecified atom stereocenters. The number of carbonyl (C=O) groups is 1. The van der Waals surface area contributed by atoms with E-state index >= 15 is 0 Å². The fourth-order valence-corrected chi connectivity index (χ4v) is 2.92. The molecule has 1 heterocycles. The van der Waals surface area contributed by atoms with Crippen LogP contribution in [0.2, 0.25) is 0 Å². The molecule has 1 amide bonds. The maximum Gasteiger partial charge on any atom is 0.239 e. The van der Waals surface area contributed by atoms with Crippen molar-refractivity contribution < 1.29 is 9.18 Å². The van der Waals surface area contributed by atoms with Crippen molar-refractivity contribution in [1.29, 1.82) is 0 Å². The lowest BCUT2D eigenvalue weighted by atomic mass is 10.2. The minimum atomic E-state index is -0.279. The van der Waals surface area contributed by atoms with Gasteiger partial charge in [-0.05, 0) is 29.8 Å². The van der Waals surface area contributed by atoms with Crippen LogP contribution in [0.1, 0.15) is 5.56 Å². The molecule has 0 saturated carbocycles. The second-order valence-corrected chi connectivity index (χ2v) is 5.57. The van der Waals surface area contributed by atoms with Gasteiger partial charge in [-0.3, -0.25) is 9.69 Å². The van der Waals surface area contributed by atoms with Crippen molar-refractivity contribution in [3.05, 3.63) is 66.0 Å². The Morgan fingerprint density at radius 1 is 1.10 bits per heavy atom. The SMILES string of the molecule is O=C1CSC(=Nc2ccccc2)N1Cc1ccc(F)cc1. The summed E-state index contributed by atoms with van der Waals surface area (Å²) in [6.45, 7) is 0.414. The van der Waals surface area contributed by atoms with Crippen LogP contribution in [-0.2, 0) is 11.3 Å². The molecule has 0 atom stereocenters. The van der Waals surface area contributed by atoms with Gasteiger partial charge in [-0.25, -0.2) is 9.38 Å². The van der Waals surface area contributed by atoms with Crippen molar-refractivity contribution in [2.75, 3.05) is 5.75 Å². The van der Waals surface area contributed by atoms with Crippen LogP contribution in [-0.4, -0.2) is 21.7 Å². The summed E-state index contributed by atoms with van der Waals surface area (Å²) >= 11 is 1.43. The second-order valence-electron chi connectivity index (χ2n) is 4.62. The highest BCUT2D eigenvalue weighted by molar-refractivity contribution is 8.15. The molecule has 0 aromatic heterocycles. The number of aliphatic imine (C=N–C) groups is 1. The highest BCUT2D eigenvalue weighted by atomic mass is 32.2. The van der Waals surface area contributed by atoms with Crippen molar-refractivity contribution in [2.24, 2.45) is 4.99 Å². The van der Waals surface area contributed by atoms with Gasteiger partial charge >= 0.3 is 0 Å². The summed E-state index contributed by atoms with van der Waals surface area (Å²) in [5.41, 5.74) is 1.70. The van der Waals surface area contributed by atoms with Gasteiger partial charge in [0.2, 0.25) is 5.91 Å². The van der Waals surface area contributed by atoms with Gasteiger partial charge in [0.15, 0.2) is 5.17 Å². The smallest absolute Gasteiger partial charge is 0.239 e. The van der Waals surface area contributed by atoms with Crippen LogP contribution in [0.3, 0.4) is 0 Å². The van der Waals surface area contributed by atoms with Gasteiger partial charge in [0.25, 0.3) is 0 Å². The molecule has 1 aliphatic heterocycles. The van der Waals surface area contributed by atoms with Crippen LogP contribution in [0.25, 0.3) is 0 Å². The lowest BCUT2D eigenvalue weighted by Crippen LogP contribution is -2.28. The summed E-state index contributed by atoms with van der Waals surface area (Å²) in [5.74, 6) is 0.144. The molecule has 2 aromatic carbocycles. The molecule has 3 rings (SSSR count). The number of para-hydroxylation sites is 1. The number of amides is 1. The van der Waals surface area contributed by atoms with E-state index in [4.69, 9.17) is 0 Å². The molecular weight excluding hydrogens is 287 g/mol. The third-order valence-corrected chi connectivity index (χ3v) is 4.05. The number of rotatable bonds is 3. The summed E-state index contributed by atoms with van der Waals surface area (Å²) in [6, 6.07) is 15.7. The topological polar surface area (TPSA) is 32.7 Å². The first-order valence-electron chi connectivity index (χ1n) is 6.54. The Bertz CT molecular complexity index is 670. The van der Waals surface area contributed by atoms with Crippen molar-refractivity contribution in [3.8, 4) is 0 Å². The molecule has 0 aliphatic carbocycles. The van der Waals surface area contributed by atoms with Crippen LogP contribution in [0.4, 0.5) is 10.1 Å². The molecule has 106 valence electrons. The lowest BCUT2D eigenvalue weighted by molar-refractivity contribution is -0.124. The molecule has 1 saturated heterocycles. The van der Waals surface area contributed by atoms with E-state index in [0.717, 1.165) is 11.3 Å². The molecule has 0 bridgehead atoms. The normalized spacial score (nSPS) is 16.7. The van der Waals surface area contributed by atoms with Gasteiger partial charge in [0, 0.05) is 0 Å². The number of amidine groups is 1. The first kappa shape index (κ1) is 13.8. The summed E-state index contributed by atoms with van der Waals surface area (Å²) in [5, 5.41) is 0.690. The zero-order valence-corrected chi connectivity index (χ0v) is 12.0. The monoisotopic (exact) mass is 300 g/mol. The number of benzene rings is 2. The molecule has 21 heavy (non-hydrogen) atoms. The molecule has 0 radical (unpaired) electrons. The van der Waals surface area contributed by atoms with Crippen molar-refractivity contribution in [1.82, 2.24) is 4.90 Å². The van der Waals surface area contributed by atoms with Crippen LogP contribution in [0, 0.1) is 5.82 Å². The fourth-order valence-electron chi connectivity index (χ4n) is 2.02. The Hall–Kier alpha value is -2.14. The van der Waals surface area contributed by atoms with Crippen molar-refractivity contribution in [2.45, 2.75) is 6.54 Å². The summed E-state index contributed by atoms with van der Waals surface area (Å²) in [4.78, 5) is 18.2. The molecule has 0 spiro atoms. The molecule has 1 aliphatic rings. The van der Waals surface area contributed by atoms with Gasteiger partial charge in [0.1, 0.15) is 5.82 Å². The predicted octanol–water partition coefficient (Wildman–Crippen LogP) is 3.59. The van der Waals surface area contributed by atoms with Crippen molar-refractivity contribution in [3.63, 3.8) is 0 Å². The van der Waals surface area contributed by atoms with Gasteiger partial charge in [-0.1, -0.05) is 42.1 Å². The van der Waals surface area contributed by atoms with Crippen LogP contribution < -0.4 is 0 Å². The van der Waals surface area contributed by atoms with Crippen LogP contribution in [0.5, 0.6) is 0 Å². The third-order valence-electron chi connectivity index (χ3n) is 3.09. The maximum absolute atomic E-state index is 12.9. The van der Waals surface area contributed by atoms with E-state index in [9.17, 15) is 9.18 Å². The third kappa shape index (κ3) is 3.31. The summed E-state index contributed by atoms with van der Waals surface area (Å²) in [7, 11) is 0. The van der Waals surface area contributed by atoms with E-state index in [-0.39, 0.29) is 11.7 Å². The Morgan fingerprint density at radius 3 is 2.52 bits per heavy atom. The Kier molecular flexibility index (Phi) is 4.01. The highest BCUT2D eigenvalue weighted by Gasteiger charge is 2.28. The lowest BCUT2D eigenvalue weighted by Gasteiger charge is -2.16. The molecule has 3 nitrogen and oxygen atoms in total. The molecule has 2 aromatic rings. The minimum Gasteiger partial charge on any atom is -0.286 e. The number of carbonyl (C=O) groups excluding carboxylic acids is 1. The van der Waals surface area contributed by atoms with Crippen LogP contribution >= 0.6 is 11.8 Å². The number of hydrogen-bond acceptors (Lipinski definition) is 3. The fraction of sp³-hybridized carbons (Fsp3) is 0.125. The van der Waals surface area contributed by atoms with E-state index in [0.29, 0.717) is 17.5 Å². The van der Waals surface area contributed by atoms with Gasteiger partial charge in [-0.2, -0.15) is 0 Å². The standard InChI is InChI=1S/C16H13FN2OS/c17-13-8-6-12(7-9-13)10-19-15(20)11-21-16(19)18-14-4-2-1-3-5-14/h1-9H,10-11H2. The van der Waals surface area contributed by atoms with Gasteiger partial charge < -0.3 is 0 Å². The van der Waals surface area contributed by atoms with Gasteiger partial charge in [0.05, 0.1) is 18.0 Å². The van der Waals surface area contributed by atoms with E-state index in [2.05, 4.69) is 4.99 Å². The zero-order valence-electron chi connectivity index (χ0n) is 11.2. The molecule has 5 heteroatoms. The minimum absolute atomic E-state index is 0.0269. The predicted molar refractivity (Wildman–Crippen MR) is 82.9 cm³/mol. The second kappa shape index (κ2) is 6.10. The number of thioether (sulfide) groups is 1. The Balaban J connectivity index is 1.83. The highest BCUT2D eigenvalue weighted by Crippen LogP contribution is 2.25. The largest absolute Gasteiger partial charge is 0.286 e. The Labute approximate surface area is 126 Å². The van der Waals surface area contributed by atoms with Crippen LogP contribution in [0.15, 0.2) is 59.6 Å². The van der Waals surface area contributed by atoms with Crippen molar-refractivity contribution >= 4 is 28.5 Å². The summed E-state index contributed by atoms with van der Waals surface area (Å²) in [6.07, 6.45) is 0. The van der Waals surface area contributed by atoms with E-state index in [1.165, 1.54) is 23.9 Å². The van der Waals surface area contributed by atoms with E-state index in [1.54, 1.807) is 17.0 Å². The molecular formula is C16H13FN2OS. The molecule has 0 N–H and O–H groups in total. The number of halogens is 1. The molecule has 1 fully saturated rings. The number of nitrogens with zero attached hydrogens (tertiary/aromatic N) is 2. The number of hydrogen-bond donors (Lipinski definition) is 0. The van der Waals surface area contributed by atoms with E-state index in [1.807, 2.05) is 30.3 Å². The average molecular weight is 300 g/mol.